The molecule has 2 aromatic carbocycles. The summed E-state index contributed by atoms with van der Waals surface area (Å²) in [6.07, 6.45) is 0.892. The van der Waals surface area contributed by atoms with Crippen molar-refractivity contribution in [2.45, 2.75) is 25.5 Å². The molecule has 0 amide bonds. The van der Waals surface area contributed by atoms with Gasteiger partial charge in [0.05, 0.1) is 17.2 Å². The lowest BCUT2D eigenvalue weighted by Crippen LogP contribution is -2.27. The van der Waals surface area contributed by atoms with Gasteiger partial charge in [0, 0.05) is 51.8 Å². The number of nitrogens with zero attached hydrogens (tertiary/aromatic N) is 4. The van der Waals surface area contributed by atoms with Crippen LogP contribution in [0.1, 0.15) is 24.1 Å². The van der Waals surface area contributed by atoms with Crippen molar-refractivity contribution in [2.24, 2.45) is 0 Å². The molecule has 0 saturated heterocycles. The van der Waals surface area contributed by atoms with Crippen LogP contribution in [0.15, 0.2) is 42.5 Å². The number of ether oxygens (including phenoxy) is 1. The van der Waals surface area contributed by atoms with Crippen LogP contribution in [0.2, 0.25) is 10.0 Å². The second kappa shape index (κ2) is 9.75. The summed E-state index contributed by atoms with van der Waals surface area (Å²) in [6.45, 7) is 2.68. The third kappa shape index (κ3) is 4.74. The van der Waals surface area contributed by atoms with E-state index >= 15 is 0 Å². The van der Waals surface area contributed by atoms with E-state index in [4.69, 9.17) is 37.9 Å². The lowest BCUT2D eigenvalue weighted by Gasteiger charge is -2.27. The Morgan fingerprint density at radius 2 is 1.73 bits per heavy atom. The molecule has 33 heavy (non-hydrogen) atoms. The average Bonchev–Trinajstić information content (AvgIpc) is 3.11. The third-order valence-corrected chi connectivity index (χ3v) is 6.30. The number of hydrogen-bond acceptors (Lipinski definition) is 6. The molecular weight excluding hydrogens is 457 g/mol. The van der Waals surface area contributed by atoms with Gasteiger partial charge < -0.3 is 19.9 Å². The van der Waals surface area contributed by atoms with Gasteiger partial charge in [-0.25, -0.2) is 9.97 Å². The van der Waals surface area contributed by atoms with Gasteiger partial charge in [0.2, 0.25) is 0 Å². The van der Waals surface area contributed by atoms with E-state index in [9.17, 15) is 0 Å². The van der Waals surface area contributed by atoms with E-state index < -0.39 is 0 Å². The summed E-state index contributed by atoms with van der Waals surface area (Å²) >= 11 is 12.7. The Kier molecular flexibility index (Phi) is 6.98. The lowest BCUT2D eigenvalue weighted by molar-refractivity contribution is 0.0573. The molecule has 0 fully saturated rings. The van der Waals surface area contributed by atoms with Gasteiger partial charge in [0.1, 0.15) is 5.69 Å². The van der Waals surface area contributed by atoms with Crippen LogP contribution < -0.4 is 15.1 Å². The largest absolute Gasteiger partial charge is 0.376 e. The summed E-state index contributed by atoms with van der Waals surface area (Å²) in [6, 6.07) is 13.9. The first-order chi connectivity index (χ1) is 15.8. The van der Waals surface area contributed by atoms with Crippen LogP contribution in [0.4, 0.5) is 17.5 Å². The Hall–Kier alpha value is -2.54. The lowest BCUT2D eigenvalue weighted by atomic mass is 10.1. The van der Waals surface area contributed by atoms with E-state index in [1.54, 1.807) is 6.07 Å². The van der Waals surface area contributed by atoms with Gasteiger partial charge in [-0.2, -0.15) is 0 Å². The Bertz CT molecular complexity index is 1150. The van der Waals surface area contributed by atoms with Crippen LogP contribution in [-0.4, -0.2) is 50.9 Å². The smallest absolute Gasteiger partial charge is 0.172 e. The number of halogens is 2. The number of hydrogen-bond donors (Lipinski definition) is 1. The molecular formula is C25H29Cl2N5O. The Morgan fingerprint density at radius 3 is 2.39 bits per heavy atom. The molecule has 1 aliphatic rings. The zero-order valence-corrected chi connectivity index (χ0v) is 21.1. The van der Waals surface area contributed by atoms with Gasteiger partial charge in [0.25, 0.3) is 0 Å². The molecule has 0 spiro atoms. The van der Waals surface area contributed by atoms with Gasteiger partial charge in [-0.05, 0) is 36.2 Å². The van der Waals surface area contributed by atoms with Crippen molar-refractivity contribution < 1.29 is 4.74 Å². The summed E-state index contributed by atoms with van der Waals surface area (Å²) in [5.74, 6) is 2.14. The maximum absolute atomic E-state index is 6.54. The highest BCUT2D eigenvalue weighted by molar-refractivity contribution is 6.36. The molecule has 1 aliphatic carbocycles. The number of aromatic nitrogens is 2. The summed E-state index contributed by atoms with van der Waals surface area (Å²) < 4.78 is 6.10. The van der Waals surface area contributed by atoms with Gasteiger partial charge in [-0.3, -0.25) is 0 Å². The fourth-order valence-corrected chi connectivity index (χ4v) is 4.74. The standard InChI is InChI=1S/C25H29Cl2N5O/c1-6-33-20-13-15-9-7-8-10-17(15)21(20)28-23-25(32(4)5)29-22(24(30-23)31(2)3)18-12-11-16(26)14-19(18)27/h7-12,14,20-21H,6,13H2,1-5H3,(H,28,30)/t20-,21+/m0/s1. The highest BCUT2D eigenvalue weighted by Gasteiger charge is 2.34. The summed E-state index contributed by atoms with van der Waals surface area (Å²) in [7, 11) is 7.81. The maximum atomic E-state index is 6.54. The predicted octanol–water partition coefficient (Wildman–Crippen LogP) is 5.70. The normalized spacial score (nSPS) is 17.1. The quantitative estimate of drug-likeness (QED) is 0.463. The molecule has 1 aromatic heterocycles. The molecule has 174 valence electrons. The number of rotatable bonds is 7. The van der Waals surface area contributed by atoms with Crippen LogP contribution in [-0.2, 0) is 11.2 Å². The molecule has 2 atom stereocenters. The number of anilines is 3. The minimum atomic E-state index is -0.0193. The minimum Gasteiger partial charge on any atom is -0.376 e. The van der Waals surface area contributed by atoms with E-state index in [2.05, 4.69) is 29.6 Å². The second-order valence-electron chi connectivity index (χ2n) is 8.50. The fraction of sp³-hybridized carbons (Fsp3) is 0.360. The number of fused-ring (bicyclic) bond motifs is 1. The Morgan fingerprint density at radius 1 is 1.00 bits per heavy atom. The molecule has 0 saturated carbocycles. The topological polar surface area (TPSA) is 53.5 Å². The van der Waals surface area contributed by atoms with Gasteiger partial charge in [0.15, 0.2) is 17.5 Å². The predicted molar refractivity (Wildman–Crippen MR) is 138 cm³/mol. The fourth-order valence-electron chi connectivity index (χ4n) is 4.25. The first-order valence-corrected chi connectivity index (χ1v) is 11.7. The number of benzene rings is 2. The zero-order chi connectivity index (χ0) is 23.7. The molecule has 0 bridgehead atoms. The van der Waals surface area contributed by atoms with E-state index in [0.717, 1.165) is 17.8 Å². The average molecular weight is 486 g/mol. The summed E-state index contributed by atoms with van der Waals surface area (Å²) in [5.41, 5.74) is 4.01. The van der Waals surface area contributed by atoms with E-state index in [0.29, 0.717) is 34.0 Å². The maximum Gasteiger partial charge on any atom is 0.172 e. The molecule has 1 heterocycles. The van der Waals surface area contributed by atoms with Crippen molar-refractivity contribution >= 4 is 40.7 Å². The van der Waals surface area contributed by atoms with Crippen molar-refractivity contribution in [3.8, 4) is 11.3 Å². The molecule has 3 aromatic rings. The van der Waals surface area contributed by atoms with E-state index in [-0.39, 0.29) is 12.1 Å². The highest BCUT2D eigenvalue weighted by atomic mass is 35.5. The summed E-state index contributed by atoms with van der Waals surface area (Å²) in [5, 5.41) is 4.77. The molecule has 1 N–H and O–H groups in total. The molecule has 0 radical (unpaired) electrons. The van der Waals surface area contributed by atoms with E-state index in [1.807, 2.05) is 57.0 Å². The molecule has 0 unspecified atom stereocenters. The van der Waals surface area contributed by atoms with Crippen molar-refractivity contribution in [3.63, 3.8) is 0 Å². The minimum absolute atomic E-state index is 0.0193. The molecule has 4 rings (SSSR count). The van der Waals surface area contributed by atoms with Gasteiger partial charge in [-0.1, -0.05) is 47.5 Å². The van der Waals surface area contributed by atoms with Crippen molar-refractivity contribution in [3.05, 3.63) is 63.6 Å². The third-order valence-electron chi connectivity index (χ3n) is 5.75. The van der Waals surface area contributed by atoms with Crippen LogP contribution in [0, 0.1) is 0 Å². The highest BCUT2D eigenvalue weighted by Crippen LogP contribution is 2.40. The molecule has 8 heteroatoms. The van der Waals surface area contributed by atoms with Crippen molar-refractivity contribution in [1.82, 2.24) is 9.97 Å². The molecule has 0 aliphatic heterocycles. The van der Waals surface area contributed by atoms with Crippen molar-refractivity contribution in [2.75, 3.05) is 49.9 Å². The van der Waals surface area contributed by atoms with Gasteiger partial charge >= 0.3 is 0 Å². The van der Waals surface area contributed by atoms with E-state index in [1.165, 1.54) is 11.1 Å². The SMILES string of the molecule is CCO[C@H]1Cc2ccccc2[C@H]1Nc1nc(N(C)C)c(-c2ccc(Cl)cc2Cl)nc1N(C)C. The first-order valence-electron chi connectivity index (χ1n) is 11.0. The zero-order valence-electron chi connectivity index (χ0n) is 19.6. The van der Waals surface area contributed by atoms with Crippen LogP contribution in [0.5, 0.6) is 0 Å². The van der Waals surface area contributed by atoms with Crippen LogP contribution >= 0.6 is 23.2 Å². The monoisotopic (exact) mass is 485 g/mol. The number of nitrogens with one attached hydrogen (secondary N) is 1. The van der Waals surface area contributed by atoms with Crippen LogP contribution in [0.25, 0.3) is 11.3 Å². The van der Waals surface area contributed by atoms with Crippen LogP contribution in [0.3, 0.4) is 0 Å². The molecule has 6 nitrogen and oxygen atoms in total. The summed E-state index contributed by atoms with van der Waals surface area (Å²) in [4.78, 5) is 13.9. The first kappa shape index (κ1) is 23.6. The Labute approximate surface area is 205 Å². The second-order valence-corrected chi connectivity index (χ2v) is 9.34. The van der Waals surface area contributed by atoms with Crippen molar-refractivity contribution in [1.29, 1.82) is 0 Å². The van der Waals surface area contributed by atoms with Gasteiger partial charge in [-0.15, -0.1) is 0 Å². The Balaban J connectivity index is 1.82.